The quantitative estimate of drug-likeness (QED) is 0.420. The Morgan fingerprint density at radius 1 is 1.29 bits per heavy atom. The van der Waals surface area contributed by atoms with Crippen molar-refractivity contribution in [3.63, 3.8) is 0 Å². The summed E-state index contributed by atoms with van der Waals surface area (Å²) in [7, 11) is 0. The molecule has 0 aliphatic heterocycles. The average molecular weight is 322 g/mol. The van der Waals surface area contributed by atoms with Crippen LogP contribution in [0.2, 0.25) is 0 Å². The van der Waals surface area contributed by atoms with Gasteiger partial charge in [-0.25, -0.2) is 9.18 Å². The molecule has 0 radical (unpaired) electrons. The molecule has 7 nitrogen and oxygen atoms in total. The van der Waals surface area contributed by atoms with Crippen molar-refractivity contribution in [3.05, 3.63) is 0 Å². The molecule has 2 fully saturated rings. The molecular weight excluding hydrogens is 305 g/mol. The van der Waals surface area contributed by atoms with E-state index >= 15 is 0 Å². The standard InChI is InChI=1S/C11H15FN2O5.2Na.2H/c12-4-3-11(10(18)19,14-5(15)1-2-13)8-6(4)7(8)9(16)17;;;;/h4,6-8H,1-3,13H2,(H,14,15)(H,16,17)(H,18,19);;;;/t4-,6+,7+,8+,11+;;;;/m1..../s1. The van der Waals surface area contributed by atoms with Crippen LogP contribution in [0, 0.1) is 17.8 Å². The number of carboxylic acid groups (broad SMARTS) is 2. The fourth-order valence-corrected chi connectivity index (χ4v) is 3.18. The summed E-state index contributed by atoms with van der Waals surface area (Å²) in [5, 5.41) is 20.5. The molecule has 0 aromatic heterocycles. The van der Waals surface area contributed by atoms with Crippen LogP contribution in [0.15, 0.2) is 0 Å². The molecule has 0 saturated heterocycles. The normalized spacial score (nSPS) is 35.7. The van der Waals surface area contributed by atoms with Crippen LogP contribution in [-0.2, 0) is 14.4 Å². The number of alkyl halides is 1. The van der Waals surface area contributed by atoms with Crippen LogP contribution in [0.1, 0.15) is 12.8 Å². The topological polar surface area (TPSA) is 130 Å². The monoisotopic (exact) mass is 322 g/mol. The van der Waals surface area contributed by atoms with Gasteiger partial charge >= 0.3 is 71.1 Å². The van der Waals surface area contributed by atoms with Gasteiger partial charge in [-0.15, -0.1) is 0 Å². The second kappa shape index (κ2) is 7.72. The predicted octanol–water partition coefficient (Wildman–Crippen LogP) is -2.33. The minimum atomic E-state index is -1.82. The molecule has 0 aromatic carbocycles. The first kappa shape index (κ1) is 21.3. The van der Waals surface area contributed by atoms with E-state index in [-0.39, 0.29) is 72.1 Å². The fourth-order valence-electron chi connectivity index (χ4n) is 3.18. The summed E-state index contributed by atoms with van der Waals surface area (Å²) in [5.41, 5.74) is 3.37. The Morgan fingerprint density at radius 3 is 2.24 bits per heavy atom. The van der Waals surface area contributed by atoms with Crippen LogP contribution >= 0.6 is 0 Å². The predicted molar refractivity (Wildman–Crippen MR) is 74.1 cm³/mol. The van der Waals surface area contributed by atoms with Gasteiger partial charge in [-0.2, -0.15) is 0 Å². The van der Waals surface area contributed by atoms with Crippen molar-refractivity contribution in [2.24, 2.45) is 23.5 Å². The van der Waals surface area contributed by atoms with Gasteiger partial charge in [0.2, 0.25) is 5.91 Å². The van der Waals surface area contributed by atoms with Crippen LogP contribution in [-0.4, -0.2) is 105 Å². The summed E-state index contributed by atoms with van der Waals surface area (Å²) in [5.74, 6) is -5.98. The summed E-state index contributed by atoms with van der Waals surface area (Å²) in [4.78, 5) is 33.9. The minimum absolute atomic E-state index is 0. The first-order chi connectivity index (χ1) is 8.85. The summed E-state index contributed by atoms with van der Waals surface area (Å²) in [6.07, 6.45) is -2.00. The molecule has 21 heavy (non-hydrogen) atoms. The summed E-state index contributed by atoms with van der Waals surface area (Å²) in [6.45, 7) is 0.0387. The molecule has 5 N–H and O–H groups in total. The maximum atomic E-state index is 13.8. The van der Waals surface area contributed by atoms with Crippen LogP contribution in [0.25, 0.3) is 0 Å². The third-order valence-corrected chi connectivity index (χ3v) is 3.98. The number of halogens is 1. The molecule has 2 rings (SSSR count). The number of aliphatic carboxylic acids is 2. The number of hydrogen-bond acceptors (Lipinski definition) is 4. The molecule has 2 aliphatic carbocycles. The summed E-state index contributed by atoms with van der Waals surface area (Å²) >= 11 is 0. The molecule has 110 valence electrons. The van der Waals surface area contributed by atoms with Crippen LogP contribution < -0.4 is 11.1 Å². The number of nitrogens with one attached hydrogen (secondary N) is 1. The Kier molecular flexibility index (Phi) is 7.83. The Balaban J connectivity index is 0.00000200. The number of hydrogen-bond donors (Lipinski definition) is 4. The zero-order valence-electron chi connectivity index (χ0n) is 10.0. The van der Waals surface area contributed by atoms with Gasteiger partial charge in [0.25, 0.3) is 0 Å². The van der Waals surface area contributed by atoms with Gasteiger partial charge in [-0.05, 0) is 0 Å². The Hall–Kier alpha value is 0.300. The molecule has 2 aliphatic rings. The van der Waals surface area contributed by atoms with Crippen LogP contribution in [0.3, 0.4) is 0 Å². The Bertz CT molecular complexity index is 452. The fraction of sp³-hybridized carbons (Fsp3) is 0.727. The van der Waals surface area contributed by atoms with Crippen molar-refractivity contribution in [2.45, 2.75) is 24.6 Å². The van der Waals surface area contributed by atoms with E-state index in [0.717, 1.165) is 0 Å². The Morgan fingerprint density at radius 2 is 1.86 bits per heavy atom. The second-order valence-electron chi connectivity index (χ2n) is 5.05. The van der Waals surface area contributed by atoms with Crippen molar-refractivity contribution in [3.8, 4) is 0 Å². The van der Waals surface area contributed by atoms with Gasteiger partial charge in [-0.1, -0.05) is 0 Å². The Labute approximate surface area is 164 Å². The summed E-state index contributed by atoms with van der Waals surface area (Å²) < 4.78 is 13.8. The molecule has 0 aromatic rings. The van der Waals surface area contributed by atoms with Gasteiger partial charge in [0.15, 0.2) is 0 Å². The summed E-state index contributed by atoms with van der Waals surface area (Å²) in [6, 6.07) is 0. The van der Waals surface area contributed by atoms with Crippen molar-refractivity contribution < 1.29 is 29.0 Å². The van der Waals surface area contributed by atoms with E-state index in [0.29, 0.717) is 0 Å². The second-order valence-corrected chi connectivity index (χ2v) is 5.05. The van der Waals surface area contributed by atoms with Crippen molar-refractivity contribution in [2.75, 3.05) is 6.54 Å². The van der Waals surface area contributed by atoms with E-state index in [9.17, 15) is 23.9 Å². The van der Waals surface area contributed by atoms with E-state index < -0.39 is 53.7 Å². The SMILES string of the molecule is NCCC(=O)N[C@@]1(C(=O)O)C[C@@H](F)[C@H]2[C@H](C(=O)O)[C@H]21.[NaH].[NaH]. The van der Waals surface area contributed by atoms with E-state index in [1.807, 2.05) is 0 Å². The molecule has 0 bridgehead atoms. The molecule has 0 heterocycles. The van der Waals surface area contributed by atoms with Crippen LogP contribution in [0.4, 0.5) is 4.39 Å². The number of carbonyl (C=O) groups excluding carboxylic acids is 1. The van der Waals surface area contributed by atoms with Crippen molar-refractivity contribution in [1.82, 2.24) is 5.32 Å². The average Bonchev–Trinajstić information content (AvgIpc) is 2.97. The van der Waals surface area contributed by atoms with Crippen molar-refractivity contribution >= 4 is 77.0 Å². The molecule has 1 amide bonds. The molecule has 0 spiro atoms. The molecule has 0 unspecified atom stereocenters. The van der Waals surface area contributed by atoms with Gasteiger partial charge in [-0.3, -0.25) is 9.59 Å². The van der Waals surface area contributed by atoms with E-state index in [2.05, 4.69) is 5.32 Å². The molecular formula is C11H17FN2Na2O5. The van der Waals surface area contributed by atoms with Gasteiger partial charge in [0.1, 0.15) is 11.7 Å². The number of nitrogens with two attached hydrogens (primary N) is 1. The first-order valence-electron chi connectivity index (χ1n) is 5.96. The number of carboxylic acids is 2. The van der Waals surface area contributed by atoms with E-state index in [1.165, 1.54) is 0 Å². The van der Waals surface area contributed by atoms with Gasteiger partial charge in [0.05, 0.1) is 5.92 Å². The molecule has 10 heteroatoms. The number of rotatable bonds is 5. The maximum absolute atomic E-state index is 13.8. The van der Waals surface area contributed by atoms with E-state index in [1.54, 1.807) is 0 Å². The molecule has 2 saturated carbocycles. The van der Waals surface area contributed by atoms with Gasteiger partial charge < -0.3 is 21.3 Å². The number of carbonyl (C=O) groups is 3. The van der Waals surface area contributed by atoms with Gasteiger partial charge in [0, 0.05) is 31.2 Å². The van der Waals surface area contributed by atoms with Crippen LogP contribution in [0.5, 0.6) is 0 Å². The van der Waals surface area contributed by atoms with Crippen molar-refractivity contribution in [1.29, 1.82) is 0 Å². The third-order valence-electron chi connectivity index (χ3n) is 3.98. The number of fused-ring (bicyclic) bond motifs is 1. The zero-order valence-corrected chi connectivity index (χ0v) is 10.0. The van der Waals surface area contributed by atoms with E-state index in [4.69, 9.17) is 10.8 Å². The first-order valence-corrected chi connectivity index (χ1v) is 5.96. The number of amides is 1. The zero-order chi connectivity index (χ0) is 14.4. The molecule has 5 atom stereocenters. The third kappa shape index (κ3) is 3.63.